The molecule has 0 unspecified atom stereocenters. The predicted molar refractivity (Wildman–Crippen MR) is 53.9 cm³/mol. The van der Waals surface area contributed by atoms with Crippen molar-refractivity contribution < 1.29 is 0 Å². The summed E-state index contributed by atoms with van der Waals surface area (Å²) in [4.78, 5) is 0. The third kappa shape index (κ3) is 2.10. The lowest BCUT2D eigenvalue weighted by molar-refractivity contribution is 0.646. The first-order valence-corrected chi connectivity index (χ1v) is 4.66. The highest BCUT2D eigenvalue weighted by Gasteiger charge is 2.12. The minimum Gasteiger partial charge on any atom is -0.0645 e. The number of hydrogen-bond donors (Lipinski definition) is 0. The molecule has 0 aliphatic heterocycles. The fraction of sp³-hybridized carbons (Fsp3) is 0.417. The zero-order valence-corrected chi connectivity index (χ0v) is 8.17. The maximum Gasteiger partial charge on any atom is 0.00725 e. The van der Waals surface area contributed by atoms with Gasteiger partial charge in [-0.05, 0) is 17.9 Å². The number of hydrogen-bond acceptors (Lipinski definition) is 0. The van der Waals surface area contributed by atoms with Crippen molar-refractivity contribution in [1.29, 1.82) is 0 Å². The molecule has 0 heterocycles. The molecule has 0 nitrogen and oxygen atoms in total. The van der Waals surface area contributed by atoms with Crippen molar-refractivity contribution >= 4 is 0 Å². The molecule has 0 spiro atoms. The second-order valence-corrected chi connectivity index (χ2v) is 3.40. The zero-order valence-electron chi connectivity index (χ0n) is 8.17. The minimum atomic E-state index is 0.664. The SMILES string of the molecule is CC[C](c1ccccc1)C(C)C. The monoisotopic (exact) mass is 161 g/mol. The van der Waals surface area contributed by atoms with Gasteiger partial charge in [0.15, 0.2) is 0 Å². The molecule has 0 heteroatoms. The van der Waals surface area contributed by atoms with Gasteiger partial charge in [-0.2, -0.15) is 0 Å². The van der Waals surface area contributed by atoms with Crippen LogP contribution in [-0.2, 0) is 0 Å². The molecule has 0 amide bonds. The van der Waals surface area contributed by atoms with Crippen LogP contribution in [0.1, 0.15) is 32.8 Å². The Morgan fingerprint density at radius 3 is 2.17 bits per heavy atom. The molecule has 0 aliphatic rings. The van der Waals surface area contributed by atoms with Crippen molar-refractivity contribution in [2.24, 2.45) is 5.92 Å². The van der Waals surface area contributed by atoms with E-state index in [0.29, 0.717) is 5.92 Å². The van der Waals surface area contributed by atoms with Gasteiger partial charge < -0.3 is 0 Å². The quantitative estimate of drug-likeness (QED) is 0.634. The van der Waals surface area contributed by atoms with Crippen molar-refractivity contribution in [3.05, 3.63) is 41.8 Å². The molecule has 1 radical (unpaired) electrons. The van der Waals surface area contributed by atoms with Crippen molar-refractivity contribution in [2.45, 2.75) is 27.2 Å². The van der Waals surface area contributed by atoms with Crippen LogP contribution < -0.4 is 0 Å². The molecule has 12 heavy (non-hydrogen) atoms. The summed E-state index contributed by atoms with van der Waals surface area (Å²) in [5.41, 5.74) is 1.40. The minimum absolute atomic E-state index is 0.664. The Bertz CT molecular complexity index is 211. The van der Waals surface area contributed by atoms with Crippen LogP contribution in [0.15, 0.2) is 30.3 Å². The van der Waals surface area contributed by atoms with Crippen molar-refractivity contribution in [3.63, 3.8) is 0 Å². The van der Waals surface area contributed by atoms with Gasteiger partial charge in [-0.1, -0.05) is 51.1 Å². The first-order chi connectivity index (χ1) is 5.75. The zero-order chi connectivity index (χ0) is 8.97. The van der Waals surface area contributed by atoms with E-state index in [4.69, 9.17) is 0 Å². The highest BCUT2D eigenvalue weighted by Crippen LogP contribution is 2.25. The van der Waals surface area contributed by atoms with Crippen LogP contribution in [-0.4, -0.2) is 0 Å². The maximum atomic E-state index is 2.26. The van der Waals surface area contributed by atoms with E-state index in [9.17, 15) is 0 Å². The Morgan fingerprint density at radius 1 is 1.17 bits per heavy atom. The summed E-state index contributed by atoms with van der Waals surface area (Å²) in [7, 11) is 0. The van der Waals surface area contributed by atoms with Gasteiger partial charge in [-0.3, -0.25) is 0 Å². The van der Waals surface area contributed by atoms with E-state index in [2.05, 4.69) is 51.1 Å². The third-order valence-corrected chi connectivity index (χ3v) is 2.22. The summed E-state index contributed by atoms with van der Waals surface area (Å²) in [6.45, 7) is 6.74. The van der Waals surface area contributed by atoms with E-state index < -0.39 is 0 Å². The lowest BCUT2D eigenvalue weighted by Crippen LogP contribution is -2.05. The highest BCUT2D eigenvalue weighted by molar-refractivity contribution is 5.30. The summed E-state index contributed by atoms with van der Waals surface area (Å²) in [6, 6.07) is 10.7. The average Bonchev–Trinajstić information content (AvgIpc) is 2.07. The summed E-state index contributed by atoms with van der Waals surface area (Å²) in [5, 5.41) is 0. The molecule has 0 aromatic heterocycles. The second kappa shape index (κ2) is 4.30. The highest BCUT2D eigenvalue weighted by atomic mass is 14.2. The molecular weight excluding hydrogens is 144 g/mol. The Balaban J connectivity index is 2.80. The van der Waals surface area contributed by atoms with Gasteiger partial charge >= 0.3 is 0 Å². The van der Waals surface area contributed by atoms with Crippen LogP contribution >= 0.6 is 0 Å². The Kier molecular flexibility index (Phi) is 3.33. The van der Waals surface area contributed by atoms with Gasteiger partial charge in [0.2, 0.25) is 0 Å². The summed E-state index contributed by atoms with van der Waals surface area (Å²) < 4.78 is 0. The van der Waals surface area contributed by atoms with Crippen molar-refractivity contribution in [1.82, 2.24) is 0 Å². The van der Waals surface area contributed by atoms with E-state index >= 15 is 0 Å². The fourth-order valence-corrected chi connectivity index (χ4v) is 1.60. The smallest absolute Gasteiger partial charge is 0.00725 e. The van der Waals surface area contributed by atoms with Crippen LogP contribution in [0.3, 0.4) is 0 Å². The lowest BCUT2D eigenvalue weighted by atomic mass is 9.86. The van der Waals surface area contributed by atoms with Crippen LogP contribution in [0.2, 0.25) is 0 Å². The van der Waals surface area contributed by atoms with Gasteiger partial charge in [0.05, 0.1) is 0 Å². The van der Waals surface area contributed by atoms with Crippen LogP contribution in [0.5, 0.6) is 0 Å². The Morgan fingerprint density at radius 2 is 1.75 bits per heavy atom. The fourth-order valence-electron chi connectivity index (χ4n) is 1.60. The molecule has 1 aromatic rings. The normalized spacial score (nSPS) is 11.1. The molecule has 1 rings (SSSR count). The maximum absolute atomic E-state index is 2.26. The van der Waals surface area contributed by atoms with E-state index in [1.165, 1.54) is 5.56 Å². The molecule has 0 aliphatic carbocycles. The van der Waals surface area contributed by atoms with Crippen LogP contribution in [0, 0.1) is 11.8 Å². The number of rotatable bonds is 3. The average molecular weight is 161 g/mol. The van der Waals surface area contributed by atoms with Crippen molar-refractivity contribution in [2.75, 3.05) is 0 Å². The summed E-state index contributed by atoms with van der Waals surface area (Å²) in [5.74, 6) is 2.22. The van der Waals surface area contributed by atoms with E-state index in [1.54, 1.807) is 5.92 Å². The molecule has 0 N–H and O–H groups in total. The van der Waals surface area contributed by atoms with E-state index in [-0.39, 0.29) is 0 Å². The third-order valence-electron chi connectivity index (χ3n) is 2.22. The van der Waals surface area contributed by atoms with Gasteiger partial charge in [-0.25, -0.2) is 0 Å². The first-order valence-electron chi connectivity index (χ1n) is 4.66. The largest absolute Gasteiger partial charge is 0.0645 e. The topological polar surface area (TPSA) is 0 Å². The molecule has 0 atom stereocenters. The summed E-state index contributed by atoms with van der Waals surface area (Å²) in [6.07, 6.45) is 1.15. The van der Waals surface area contributed by atoms with E-state index in [1.807, 2.05) is 0 Å². The van der Waals surface area contributed by atoms with Gasteiger partial charge in [0.25, 0.3) is 0 Å². The molecule has 0 fully saturated rings. The van der Waals surface area contributed by atoms with Gasteiger partial charge in [0, 0.05) is 5.92 Å². The molecule has 65 valence electrons. The predicted octanol–water partition coefficient (Wildman–Crippen LogP) is 3.68. The molecule has 0 saturated carbocycles. The molecular formula is C12H17. The molecule has 1 aromatic carbocycles. The Hall–Kier alpha value is -0.780. The molecule has 0 bridgehead atoms. The van der Waals surface area contributed by atoms with Gasteiger partial charge in [-0.15, -0.1) is 0 Å². The molecule has 0 saturated heterocycles. The Labute approximate surface area is 75.6 Å². The second-order valence-electron chi connectivity index (χ2n) is 3.40. The lowest BCUT2D eigenvalue weighted by Gasteiger charge is -2.18. The van der Waals surface area contributed by atoms with E-state index in [0.717, 1.165) is 6.42 Å². The number of benzene rings is 1. The standard InChI is InChI=1S/C12H17/c1-4-12(10(2)3)11-8-6-5-7-9-11/h5-10H,4H2,1-3H3. The van der Waals surface area contributed by atoms with Crippen LogP contribution in [0.4, 0.5) is 0 Å². The van der Waals surface area contributed by atoms with Gasteiger partial charge in [0.1, 0.15) is 0 Å². The van der Waals surface area contributed by atoms with Crippen LogP contribution in [0.25, 0.3) is 0 Å². The summed E-state index contributed by atoms with van der Waals surface area (Å²) >= 11 is 0. The first kappa shape index (κ1) is 9.31. The van der Waals surface area contributed by atoms with Crippen molar-refractivity contribution in [3.8, 4) is 0 Å².